The molecule has 1 amide bonds. The molecule has 23 heavy (non-hydrogen) atoms. The van der Waals surface area contributed by atoms with Crippen LogP contribution in [0.3, 0.4) is 0 Å². The van der Waals surface area contributed by atoms with Gasteiger partial charge in [0.2, 0.25) is 6.41 Å². The van der Waals surface area contributed by atoms with Crippen LogP contribution in [0.1, 0.15) is 36.0 Å². The van der Waals surface area contributed by atoms with Crippen molar-refractivity contribution < 1.29 is 9.53 Å². The Kier molecular flexibility index (Phi) is 4.65. The molecule has 0 N–H and O–H groups in total. The van der Waals surface area contributed by atoms with Gasteiger partial charge < -0.3 is 9.64 Å². The molecule has 2 aromatic carbocycles. The van der Waals surface area contributed by atoms with E-state index in [9.17, 15) is 4.79 Å². The van der Waals surface area contributed by atoms with Gasteiger partial charge in [0.05, 0.1) is 0 Å². The summed E-state index contributed by atoms with van der Waals surface area (Å²) >= 11 is 0. The standard InChI is InChI=1S/C20H23NO2/c1-3-16-6-4-5-7-20(16)23-18-8-9-19(15(2)12-18)17-10-11-21(13-17)14-22/h4-9,12,14,17H,3,10-11,13H2,1-2H3. The Balaban J connectivity index is 1.78. The molecule has 1 fully saturated rings. The highest BCUT2D eigenvalue weighted by molar-refractivity contribution is 5.49. The highest BCUT2D eigenvalue weighted by Crippen LogP contribution is 2.32. The molecule has 1 heterocycles. The molecule has 0 aromatic heterocycles. The Labute approximate surface area is 137 Å². The average molecular weight is 309 g/mol. The lowest BCUT2D eigenvalue weighted by molar-refractivity contribution is -0.117. The fraction of sp³-hybridized carbons (Fsp3) is 0.350. The smallest absolute Gasteiger partial charge is 0.209 e. The summed E-state index contributed by atoms with van der Waals surface area (Å²) in [7, 11) is 0. The molecule has 2 aromatic rings. The van der Waals surface area contributed by atoms with Crippen LogP contribution in [0.2, 0.25) is 0 Å². The summed E-state index contributed by atoms with van der Waals surface area (Å²) in [5.41, 5.74) is 3.77. The molecule has 3 rings (SSSR count). The molecular weight excluding hydrogens is 286 g/mol. The van der Waals surface area contributed by atoms with E-state index in [1.54, 1.807) is 0 Å². The molecule has 0 bridgehead atoms. The van der Waals surface area contributed by atoms with Gasteiger partial charge in [-0.15, -0.1) is 0 Å². The maximum atomic E-state index is 10.9. The topological polar surface area (TPSA) is 29.5 Å². The summed E-state index contributed by atoms with van der Waals surface area (Å²) in [6.07, 6.45) is 2.95. The molecule has 0 aliphatic carbocycles. The van der Waals surface area contributed by atoms with Crippen molar-refractivity contribution >= 4 is 6.41 Å². The number of nitrogens with zero attached hydrogens (tertiary/aromatic N) is 1. The highest BCUT2D eigenvalue weighted by Gasteiger charge is 2.24. The van der Waals surface area contributed by atoms with Crippen molar-refractivity contribution in [1.29, 1.82) is 0 Å². The predicted molar refractivity (Wildman–Crippen MR) is 92.1 cm³/mol. The molecule has 3 heteroatoms. The molecule has 0 radical (unpaired) electrons. The fourth-order valence-corrected chi connectivity index (χ4v) is 3.33. The van der Waals surface area contributed by atoms with Crippen LogP contribution in [0, 0.1) is 6.92 Å². The fourth-order valence-electron chi connectivity index (χ4n) is 3.33. The molecule has 120 valence electrons. The van der Waals surface area contributed by atoms with Crippen molar-refractivity contribution in [2.45, 2.75) is 32.6 Å². The van der Waals surface area contributed by atoms with Crippen molar-refractivity contribution in [2.24, 2.45) is 0 Å². The number of aryl methyl sites for hydroxylation is 2. The summed E-state index contributed by atoms with van der Waals surface area (Å²) in [5, 5.41) is 0. The second kappa shape index (κ2) is 6.86. The number of amides is 1. The number of likely N-dealkylation sites (tertiary alicyclic amines) is 1. The lowest BCUT2D eigenvalue weighted by atomic mass is 9.94. The van der Waals surface area contributed by atoms with E-state index in [1.165, 1.54) is 16.7 Å². The van der Waals surface area contributed by atoms with E-state index in [-0.39, 0.29) is 0 Å². The van der Waals surface area contributed by atoms with E-state index in [4.69, 9.17) is 4.74 Å². The average Bonchev–Trinajstić information content (AvgIpc) is 3.04. The number of benzene rings is 2. The van der Waals surface area contributed by atoms with Gasteiger partial charge in [0, 0.05) is 19.0 Å². The Morgan fingerprint density at radius 3 is 2.78 bits per heavy atom. The first-order chi connectivity index (χ1) is 11.2. The zero-order valence-corrected chi connectivity index (χ0v) is 13.8. The minimum Gasteiger partial charge on any atom is -0.457 e. The van der Waals surface area contributed by atoms with Crippen molar-refractivity contribution in [1.82, 2.24) is 4.90 Å². The summed E-state index contributed by atoms with van der Waals surface area (Å²) in [5.74, 6) is 2.24. The first-order valence-electron chi connectivity index (χ1n) is 8.27. The van der Waals surface area contributed by atoms with Crippen LogP contribution in [0.25, 0.3) is 0 Å². The summed E-state index contributed by atoms with van der Waals surface area (Å²) < 4.78 is 6.07. The number of carbonyl (C=O) groups is 1. The summed E-state index contributed by atoms with van der Waals surface area (Å²) in [6, 6.07) is 14.5. The van der Waals surface area contributed by atoms with Crippen molar-refractivity contribution in [3.63, 3.8) is 0 Å². The van der Waals surface area contributed by atoms with Crippen LogP contribution in [0.5, 0.6) is 11.5 Å². The molecule has 1 aliphatic heterocycles. The van der Waals surface area contributed by atoms with Crippen LogP contribution in [0.4, 0.5) is 0 Å². The van der Waals surface area contributed by atoms with Crippen LogP contribution in [-0.4, -0.2) is 24.4 Å². The Bertz CT molecular complexity index is 696. The van der Waals surface area contributed by atoms with Gasteiger partial charge in [0.25, 0.3) is 0 Å². The number of rotatable bonds is 5. The molecular formula is C20H23NO2. The van der Waals surface area contributed by atoms with Gasteiger partial charge in [-0.1, -0.05) is 31.2 Å². The van der Waals surface area contributed by atoms with Crippen molar-refractivity contribution in [3.05, 3.63) is 59.2 Å². The zero-order valence-electron chi connectivity index (χ0n) is 13.8. The SMILES string of the molecule is CCc1ccccc1Oc1ccc(C2CCN(C=O)C2)c(C)c1. The molecule has 0 spiro atoms. The minimum atomic E-state index is 0.442. The second-order valence-corrected chi connectivity index (χ2v) is 6.17. The third-order valence-corrected chi connectivity index (χ3v) is 4.63. The Hall–Kier alpha value is -2.29. The minimum absolute atomic E-state index is 0.442. The summed E-state index contributed by atoms with van der Waals surface area (Å²) in [6.45, 7) is 5.94. The van der Waals surface area contributed by atoms with E-state index in [2.05, 4.69) is 32.0 Å². The number of carbonyl (C=O) groups excluding carboxylic acids is 1. The van der Waals surface area contributed by atoms with Crippen molar-refractivity contribution in [3.8, 4) is 11.5 Å². The van der Waals surface area contributed by atoms with E-state index in [1.807, 2.05) is 29.2 Å². The lowest BCUT2D eigenvalue weighted by Gasteiger charge is -2.16. The molecule has 0 saturated carbocycles. The van der Waals surface area contributed by atoms with Gasteiger partial charge in [-0.25, -0.2) is 0 Å². The Morgan fingerprint density at radius 2 is 2.09 bits per heavy atom. The van der Waals surface area contributed by atoms with Crippen molar-refractivity contribution in [2.75, 3.05) is 13.1 Å². The first-order valence-corrected chi connectivity index (χ1v) is 8.27. The third kappa shape index (κ3) is 3.39. The molecule has 1 atom stereocenters. The van der Waals surface area contributed by atoms with Gasteiger partial charge in [0.15, 0.2) is 0 Å². The van der Waals surface area contributed by atoms with Gasteiger partial charge >= 0.3 is 0 Å². The van der Waals surface area contributed by atoms with Crippen LogP contribution in [0.15, 0.2) is 42.5 Å². The monoisotopic (exact) mass is 309 g/mol. The predicted octanol–water partition coefficient (Wildman–Crippen LogP) is 4.30. The highest BCUT2D eigenvalue weighted by atomic mass is 16.5. The maximum absolute atomic E-state index is 10.9. The number of ether oxygens (including phenoxy) is 1. The van der Waals surface area contributed by atoms with E-state index < -0.39 is 0 Å². The number of hydrogen-bond acceptors (Lipinski definition) is 2. The zero-order chi connectivity index (χ0) is 16.2. The summed E-state index contributed by atoms with van der Waals surface area (Å²) in [4.78, 5) is 12.7. The van der Waals surface area contributed by atoms with Gasteiger partial charge in [-0.2, -0.15) is 0 Å². The first kappa shape index (κ1) is 15.6. The number of para-hydroxylation sites is 1. The third-order valence-electron chi connectivity index (χ3n) is 4.63. The molecule has 1 aliphatic rings. The Morgan fingerprint density at radius 1 is 1.26 bits per heavy atom. The largest absolute Gasteiger partial charge is 0.457 e. The lowest BCUT2D eigenvalue weighted by Crippen LogP contribution is -2.17. The molecule has 1 unspecified atom stereocenters. The maximum Gasteiger partial charge on any atom is 0.209 e. The normalized spacial score (nSPS) is 17.3. The van der Waals surface area contributed by atoms with E-state index in [0.717, 1.165) is 43.8 Å². The van der Waals surface area contributed by atoms with E-state index >= 15 is 0 Å². The quantitative estimate of drug-likeness (QED) is 0.771. The van der Waals surface area contributed by atoms with E-state index in [0.29, 0.717) is 5.92 Å². The van der Waals surface area contributed by atoms with Crippen LogP contribution < -0.4 is 4.74 Å². The molecule has 3 nitrogen and oxygen atoms in total. The van der Waals surface area contributed by atoms with Gasteiger partial charge in [-0.05, 0) is 54.7 Å². The second-order valence-electron chi connectivity index (χ2n) is 6.17. The van der Waals surface area contributed by atoms with Gasteiger partial charge in [0.1, 0.15) is 11.5 Å². The number of hydrogen-bond donors (Lipinski definition) is 0. The van der Waals surface area contributed by atoms with Crippen LogP contribution in [-0.2, 0) is 11.2 Å². The van der Waals surface area contributed by atoms with Crippen LogP contribution >= 0.6 is 0 Å². The molecule has 1 saturated heterocycles. The van der Waals surface area contributed by atoms with Gasteiger partial charge in [-0.3, -0.25) is 4.79 Å².